The highest BCUT2D eigenvalue weighted by Crippen LogP contribution is 1.86. The maximum Gasteiger partial charge on any atom is 0.0594 e. The molecule has 0 radical (unpaired) electrons. The summed E-state index contributed by atoms with van der Waals surface area (Å²) in [5, 5.41) is 0. The zero-order valence-corrected chi connectivity index (χ0v) is 5.39. The van der Waals surface area contributed by atoms with Gasteiger partial charge in [-0.2, -0.15) is 0 Å². The Balaban J connectivity index is 0.000000222. The van der Waals surface area contributed by atoms with Crippen LogP contribution < -0.4 is 5.73 Å². The van der Waals surface area contributed by atoms with E-state index in [4.69, 9.17) is 5.73 Å². The SMILES string of the molecule is CC.NC1=CCN=C1. The Kier molecular flexibility index (Phi) is 3.94. The number of rotatable bonds is 0. The van der Waals surface area contributed by atoms with Crippen LogP contribution in [0.1, 0.15) is 13.8 Å². The second-order valence-electron chi connectivity index (χ2n) is 1.20. The van der Waals surface area contributed by atoms with E-state index in [1.165, 1.54) is 0 Å². The van der Waals surface area contributed by atoms with Crippen LogP contribution in [0, 0.1) is 0 Å². The number of allylic oxidation sites excluding steroid dienone is 1. The fourth-order valence-electron chi connectivity index (χ4n) is 0.369. The van der Waals surface area contributed by atoms with Gasteiger partial charge in [-0.05, 0) is 6.08 Å². The van der Waals surface area contributed by atoms with Crippen molar-refractivity contribution in [1.82, 2.24) is 0 Å². The largest absolute Gasteiger partial charge is 0.398 e. The smallest absolute Gasteiger partial charge is 0.0594 e. The van der Waals surface area contributed by atoms with Crippen molar-refractivity contribution in [2.45, 2.75) is 13.8 Å². The quantitative estimate of drug-likeness (QED) is 0.497. The van der Waals surface area contributed by atoms with Crippen molar-refractivity contribution in [3.8, 4) is 0 Å². The number of hydrogen-bond acceptors (Lipinski definition) is 2. The zero-order valence-electron chi connectivity index (χ0n) is 5.39. The molecule has 1 heterocycles. The Morgan fingerprint density at radius 1 is 1.62 bits per heavy atom. The summed E-state index contributed by atoms with van der Waals surface area (Å²) < 4.78 is 0. The molecule has 2 heteroatoms. The Bertz CT molecular complexity index is 100. The highest BCUT2D eigenvalue weighted by Gasteiger charge is 1.86. The summed E-state index contributed by atoms with van der Waals surface area (Å²) in [6.45, 7) is 4.77. The summed E-state index contributed by atoms with van der Waals surface area (Å²) in [7, 11) is 0. The highest BCUT2D eigenvalue weighted by atomic mass is 14.8. The maximum atomic E-state index is 5.25. The molecule has 0 fully saturated rings. The summed E-state index contributed by atoms with van der Waals surface area (Å²) in [6, 6.07) is 0. The molecule has 0 spiro atoms. The molecule has 0 aliphatic carbocycles. The van der Waals surface area contributed by atoms with Gasteiger partial charge in [-0.3, -0.25) is 4.99 Å². The van der Waals surface area contributed by atoms with Gasteiger partial charge >= 0.3 is 0 Å². The topological polar surface area (TPSA) is 38.4 Å². The molecule has 0 saturated heterocycles. The standard InChI is InChI=1S/C4H6N2.C2H6/c5-4-1-2-6-3-4;1-2/h1,3H,2,5H2;1-2H3. The normalized spacial score (nSPS) is 14.5. The van der Waals surface area contributed by atoms with Gasteiger partial charge in [0.05, 0.1) is 6.54 Å². The lowest BCUT2D eigenvalue weighted by Crippen LogP contribution is -1.92. The molecule has 0 bridgehead atoms. The number of hydrogen-bond donors (Lipinski definition) is 1. The molecule has 0 aromatic carbocycles. The van der Waals surface area contributed by atoms with Crippen molar-refractivity contribution >= 4 is 6.21 Å². The van der Waals surface area contributed by atoms with E-state index in [0.29, 0.717) is 0 Å². The van der Waals surface area contributed by atoms with Gasteiger partial charge in [-0.25, -0.2) is 0 Å². The van der Waals surface area contributed by atoms with Crippen LogP contribution in [0.2, 0.25) is 0 Å². The molecule has 0 atom stereocenters. The van der Waals surface area contributed by atoms with Crippen molar-refractivity contribution in [1.29, 1.82) is 0 Å². The molecule has 1 rings (SSSR count). The average Bonchev–Trinajstić information content (AvgIpc) is 2.24. The predicted octanol–water partition coefficient (Wildman–Crippen LogP) is 0.940. The lowest BCUT2D eigenvalue weighted by Gasteiger charge is -1.72. The van der Waals surface area contributed by atoms with Crippen LogP contribution in [0.4, 0.5) is 0 Å². The molecule has 0 unspecified atom stereocenters. The van der Waals surface area contributed by atoms with E-state index in [1.807, 2.05) is 19.9 Å². The molecule has 1 aliphatic heterocycles. The molecule has 0 amide bonds. The molecule has 2 N–H and O–H groups in total. The monoisotopic (exact) mass is 112 g/mol. The predicted molar refractivity (Wildman–Crippen MR) is 37.0 cm³/mol. The van der Waals surface area contributed by atoms with E-state index < -0.39 is 0 Å². The fourth-order valence-corrected chi connectivity index (χ4v) is 0.369. The molecule has 2 nitrogen and oxygen atoms in total. The van der Waals surface area contributed by atoms with Gasteiger partial charge in [0.15, 0.2) is 0 Å². The maximum absolute atomic E-state index is 5.25. The third-order valence-electron chi connectivity index (χ3n) is 0.673. The molecule has 0 aromatic heterocycles. The van der Waals surface area contributed by atoms with Gasteiger partial charge in [-0.1, -0.05) is 13.8 Å². The van der Waals surface area contributed by atoms with Gasteiger partial charge in [0.25, 0.3) is 0 Å². The van der Waals surface area contributed by atoms with Gasteiger partial charge in [-0.15, -0.1) is 0 Å². The highest BCUT2D eigenvalue weighted by molar-refractivity contribution is 5.79. The third-order valence-corrected chi connectivity index (χ3v) is 0.673. The van der Waals surface area contributed by atoms with Gasteiger partial charge in [0.2, 0.25) is 0 Å². The van der Waals surface area contributed by atoms with Crippen LogP contribution >= 0.6 is 0 Å². The van der Waals surface area contributed by atoms with Crippen LogP contribution in [0.5, 0.6) is 0 Å². The minimum Gasteiger partial charge on any atom is -0.398 e. The molecule has 1 aliphatic rings. The van der Waals surface area contributed by atoms with Crippen molar-refractivity contribution in [3.63, 3.8) is 0 Å². The van der Waals surface area contributed by atoms with Crippen LogP contribution in [0.25, 0.3) is 0 Å². The lowest BCUT2D eigenvalue weighted by molar-refractivity contribution is 1.29. The second-order valence-corrected chi connectivity index (χ2v) is 1.20. The van der Waals surface area contributed by atoms with E-state index in [1.54, 1.807) is 6.21 Å². The molecular formula is C6H12N2. The second kappa shape index (κ2) is 4.37. The van der Waals surface area contributed by atoms with E-state index in [9.17, 15) is 0 Å². The third kappa shape index (κ3) is 2.39. The van der Waals surface area contributed by atoms with Crippen LogP contribution in [0.3, 0.4) is 0 Å². The molecular weight excluding hydrogens is 100 g/mol. The van der Waals surface area contributed by atoms with Gasteiger partial charge in [0, 0.05) is 11.9 Å². The van der Waals surface area contributed by atoms with Crippen molar-refractivity contribution in [2.24, 2.45) is 10.7 Å². The van der Waals surface area contributed by atoms with Gasteiger partial charge in [0.1, 0.15) is 0 Å². The van der Waals surface area contributed by atoms with E-state index in [2.05, 4.69) is 4.99 Å². The lowest BCUT2D eigenvalue weighted by atomic mass is 10.5. The van der Waals surface area contributed by atoms with Gasteiger partial charge < -0.3 is 5.73 Å². The summed E-state index contributed by atoms with van der Waals surface area (Å²) >= 11 is 0. The first-order valence-corrected chi connectivity index (χ1v) is 2.85. The number of nitrogens with two attached hydrogens (primary N) is 1. The van der Waals surface area contributed by atoms with E-state index >= 15 is 0 Å². The minimum atomic E-state index is 0.770. The summed E-state index contributed by atoms with van der Waals surface area (Å²) in [5.41, 5.74) is 6.03. The average molecular weight is 112 g/mol. The van der Waals surface area contributed by atoms with Crippen LogP contribution in [-0.2, 0) is 0 Å². The molecule has 8 heavy (non-hydrogen) atoms. The summed E-state index contributed by atoms with van der Waals surface area (Å²) in [4.78, 5) is 3.82. The molecule has 0 aromatic rings. The van der Waals surface area contributed by atoms with E-state index in [-0.39, 0.29) is 0 Å². The van der Waals surface area contributed by atoms with Crippen LogP contribution in [0.15, 0.2) is 16.8 Å². The van der Waals surface area contributed by atoms with Crippen LogP contribution in [-0.4, -0.2) is 12.8 Å². The number of aliphatic imine (C=N–C) groups is 1. The zero-order chi connectivity index (χ0) is 6.41. The Morgan fingerprint density at radius 3 is 2.38 bits per heavy atom. The molecule has 46 valence electrons. The van der Waals surface area contributed by atoms with Crippen molar-refractivity contribution < 1.29 is 0 Å². The molecule has 0 saturated carbocycles. The fraction of sp³-hybridized carbons (Fsp3) is 0.500. The number of nitrogens with zero attached hydrogens (tertiary/aromatic N) is 1. The first-order valence-electron chi connectivity index (χ1n) is 2.85. The summed E-state index contributed by atoms with van der Waals surface area (Å²) in [5.74, 6) is 0. The minimum absolute atomic E-state index is 0.770. The van der Waals surface area contributed by atoms with Crippen molar-refractivity contribution in [3.05, 3.63) is 11.8 Å². The van der Waals surface area contributed by atoms with E-state index in [0.717, 1.165) is 12.2 Å². The summed E-state index contributed by atoms with van der Waals surface area (Å²) in [6.07, 6.45) is 3.54. The Morgan fingerprint density at radius 2 is 2.25 bits per heavy atom. The Labute approximate surface area is 50.1 Å². The first-order chi connectivity index (χ1) is 3.89. The van der Waals surface area contributed by atoms with Crippen molar-refractivity contribution in [2.75, 3.05) is 6.54 Å². The Hall–Kier alpha value is -0.790. The first kappa shape index (κ1) is 7.21.